The van der Waals surface area contributed by atoms with Crippen LogP contribution in [0.25, 0.3) is 0 Å². The molecule has 0 aromatic carbocycles. The van der Waals surface area contributed by atoms with Crippen molar-refractivity contribution in [2.45, 2.75) is 46.0 Å². The summed E-state index contributed by atoms with van der Waals surface area (Å²) in [6.07, 6.45) is 8.02. The number of rotatable bonds is 1. The van der Waals surface area contributed by atoms with Crippen molar-refractivity contribution in [3.8, 4) is 0 Å². The molecule has 2 atom stereocenters. The Balaban J connectivity index is 2.11. The fourth-order valence-electron chi connectivity index (χ4n) is 3.50. The van der Waals surface area contributed by atoms with Crippen molar-refractivity contribution >= 4 is 0 Å². The molecule has 2 unspecified atom stereocenters. The molecule has 1 heteroatoms. The van der Waals surface area contributed by atoms with Crippen molar-refractivity contribution in [3.05, 3.63) is 23.8 Å². The second-order valence-electron chi connectivity index (χ2n) is 6.16. The van der Waals surface area contributed by atoms with E-state index in [0.29, 0.717) is 5.41 Å². The molecule has 1 fully saturated rings. The van der Waals surface area contributed by atoms with Crippen LogP contribution in [0, 0.1) is 17.3 Å². The number of allylic oxidation sites excluding steroid dienone is 2. The first-order chi connectivity index (χ1) is 7.54. The topological polar surface area (TPSA) is 20.2 Å². The molecule has 16 heavy (non-hydrogen) atoms. The van der Waals surface area contributed by atoms with Crippen LogP contribution in [0.1, 0.15) is 46.0 Å². The number of aliphatic hydroxyl groups excluding tert-OH is 1. The smallest absolute Gasteiger partial charge is 0.0641 e. The second-order valence-corrected chi connectivity index (χ2v) is 6.16. The van der Waals surface area contributed by atoms with Gasteiger partial charge in [-0.15, -0.1) is 0 Å². The van der Waals surface area contributed by atoms with Gasteiger partial charge in [0.2, 0.25) is 0 Å². The third kappa shape index (κ3) is 2.10. The summed E-state index contributed by atoms with van der Waals surface area (Å²) in [4.78, 5) is 0. The quantitative estimate of drug-likeness (QED) is 0.668. The summed E-state index contributed by atoms with van der Waals surface area (Å²) in [5.74, 6) is 1.54. The van der Waals surface area contributed by atoms with Crippen molar-refractivity contribution in [1.29, 1.82) is 0 Å². The summed E-state index contributed by atoms with van der Waals surface area (Å²) < 4.78 is 0. The zero-order chi connectivity index (χ0) is 11.8. The van der Waals surface area contributed by atoms with Gasteiger partial charge in [0.15, 0.2) is 0 Å². The average Bonchev–Trinajstić information content (AvgIpc) is 2.28. The third-order valence-electron chi connectivity index (χ3n) is 4.64. The Morgan fingerprint density at radius 2 is 2.19 bits per heavy atom. The predicted octanol–water partition coefficient (Wildman–Crippen LogP) is 3.70. The zero-order valence-corrected chi connectivity index (χ0v) is 10.6. The molecule has 0 aliphatic heterocycles. The molecule has 0 aromatic rings. The Morgan fingerprint density at radius 3 is 2.81 bits per heavy atom. The van der Waals surface area contributed by atoms with Crippen molar-refractivity contribution in [3.63, 3.8) is 0 Å². The van der Waals surface area contributed by atoms with Crippen LogP contribution in [0.15, 0.2) is 23.8 Å². The van der Waals surface area contributed by atoms with E-state index in [1.165, 1.54) is 24.0 Å². The lowest BCUT2D eigenvalue weighted by atomic mass is 9.52. The lowest BCUT2D eigenvalue weighted by Gasteiger charge is -2.53. The van der Waals surface area contributed by atoms with Gasteiger partial charge < -0.3 is 5.11 Å². The number of aliphatic hydroxyl groups is 1. The molecule has 0 radical (unpaired) electrons. The normalized spacial score (nSPS) is 37.2. The molecular weight excluding hydrogens is 196 g/mol. The molecule has 0 amide bonds. The molecule has 0 saturated heterocycles. The summed E-state index contributed by atoms with van der Waals surface area (Å²) in [6, 6.07) is 0. The minimum Gasteiger partial charge on any atom is -0.392 e. The maximum absolute atomic E-state index is 9.28. The van der Waals surface area contributed by atoms with Gasteiger partial charge in [-0.2, -0.15) is 0 Å². The van der Waals surface area contributed by atoms with Gasteiger partial charge in [0.1, 0.15) is 0 Å². The third-order valence-corrected chi connectivity index (χ3v) is 4.64. The predicted molar refractivity (Wildman–Crippen MR) is 68.2 cm³/mol. The minimum atomic E-state index is 0.240. The average molecular weight is 220 g/mol. The van der Waals surface area contributed by atoms with Gasteiger partial charge in [-0.05, 0) is 54.9 Å². The highest BCUT2D eigenvalue weighted by Gasteiger charge is 2.47. The second kappa shape index (κ2) is 4.37. The van der Waals surface area contributed by atoms with Crippen LogP contribution >= 0.6 is 0 Å². The van der Waals surface area contributed by atoms with Crippen LogP contribution < -0.4 is 0 Å². The monoisotopic (exact) mass is 220 g/mol. The highest BCUT2D eigenvalue weighted by Crippen LogP contribution is 2.56. The minimum absolute atomic E-state index is 0.240. The fourth-order valence-corrected chi connectivity index (χ4v) is 3.50. The van der Waals surface area contributed by atoms with Crippen LogP contribution in [0.2, 0.25) is 0 Å². The van der Waals surface area contributed by atoms with Crippen LogP contribution in [0.5, 0.6) is 0 Å². The van der Waals surface area contributed by atoms with Gasteiger partial charge in [-0.3, -0.25) is 0 Å². The van der Waals surface area contributed by atoms with E-state index in [1.54, 1.807) is 0 Å². The van der Waals surface area contributed by atoms with Gasteiger partial charge in [-0.25, -0.2) is 0 Å². The van der Waals surface area contributed by atoms with Crippen molar-refractivity contribution in [1.82, 2.24) is 0 Å². The molecule has 1 saturated carbocycles. The summed E-state index contributed by atoms with van der Waals surface area (Å²) in [5, 5.41) is 9.28. The van der Waals surface area contributed by atoms with Crippen LogP contribution in [0.4, 0.5) is 0 Å². The molecule has 2 aliphatic carbocycles. The largest absolute Gasteiger partial charge is 0.392 e. The van der Waals surface area contributed by atoms with E-state index in [-0.39, 0.29) is 6.61 Å². The summed E-state index contributed by atoms with van der Waals surface area (Å²) in [7, 11) is 0. The number of hydrogen-bond acceptors (Lipinski definition) is 1. The standard InChI is InChI=1S/C15H24O/c1-11-5-4-6-12(10-16)7-8-14-13(11)9-15(14,2)3/h6,13-14,16H,1,4-5,7-10H2,2-3H3/b12-6-. The maximum Gasteiger partial charge on any atom is 0.0641 e. The number of fused-ring (bicyclic) bond motifs is 1. The van der Waals surface area contributed by atoms with Gasteiger partial charge >= 0.3 is 0 Å². The van der Waals surface area contributed by atoms with E-state index in [1.807, 2.05) is 0 Å². The summed E-state index contributed by atoms with van der Waals surface area (Å²) >= 11 is 0. The van der Waals surface area contributed by atoms with Gasteiger partial charge in [-0.1, -0.05) is 32.1 Å². The van der Waals surface area contributed by atoms with Gasteiger partial charge in [0.05, 0.1) is 6.61 Å². The summed E-state index contributed by atoms with van der Waals surface area (Å²) in [6.45, 7) is 9.26. The Hall–Kier alpha value is -0.560. The highest BCUT2D eigenvalue weighted by atomic mass is 16.3. The number of hydrogen-bond donors (Lipinski definition) is 1. The van der Waals surface area contributed by atoms with Crippen molar-refractivity contribution in [2.75, 3.05) is 6.61 Å². The molecule has 2 rings (SSSR count). The first-order valence-corrected chi connectivity index (χ1v) is 6.51. The Labute approximate surface area is 99.3 Å². The van der Waals surface area contributed by atoms with E-state index in [2.05, 4.69) is 26.5 Å². The highest BCUT2D eigenvalue weighted by molar-refractivity contribution is 5.16. The summed E-state index contributed by atoms with van der Waals surface area (Å²) in [5.41, 5.74) is 3.16. The Bertz CT molecular complexity index is 311. The molecule has 2 aliphatic rings. The molecule has 0 spiro atoms. The van der Waals surface area contributed by atoms with Crippen LogP contribution in [-0.4, -0.2) is 11.7 Å². The lowest BCUT2D eigenvalue weighted by Crippen LogP contribution is -2.44. The van der Waals surface area contributed by atoms with Gasteiger partial charge in [0.25, 0.3) is 0 Å². The molecule has 0 bridgehead atoms. The maximum atomic E-state index is 9.28. The van der Waals surface area contributed by atoms with E-state index in [0.717, 1.165) is 31.1 Å². The Morgan fingerprint density at radius 1 is 1.44 bits per heavy atom. The lowest BCUT2D eigenvalue weighted by molar-refractivity contribution is 0.00350. The molecular formula is C15H24O. The van der Waals surface area contributed by atoms with Crippen molar-refractivity contribution in [2.24, 2.45) is 17.3 Å². The zero-order valence-electron chi connectivity index (χ0n) is 10.6. The fraction of sp³-hybridized carbons (Fsp3) is 0.733. The molecule has 0 aromatic heterocycles. The van der Waals surface area contributed by atoms with Crippen molar-refractivity contribution < 1.29 is 5.11 Å². The Kier molecular flexibility index (Phi) is 3.25. The van der Waals surface area contributed by atoms with Crippen LogP contribution in [-0.2, 0) is 0 Å². The van der Waals surface area contributed by atoms with Gasteiger partial charge in [0, 0.05) is 0 Å². The SMILES string of the molecule is C=C1CC/C=C(\CO)CCC2C1CC2(C)C. The molecule has 90 valence electrons. The first-order valence-electron chi connectivity index (χ1n) is 6.51. The first kappa shape index (κ1) is 11.9. The molecule has 1 N–H and O–H groups in total. The van der Waals surface area contributed by atoms with Crippen LogP contribution in [0.3, 0.4) is 0 Å². The van der Waals surface area contributed by atoms with E-state index >= 15 is 0 Å². The van der Waals surface area contributed by atoms with E-state index < -0.39 is 0 Å². The van der Waals surface area contributed by atoms with E-state index in [9.17, 15) is 5.11 Å². The van der Waals surface area contributed by atoms with E-state index in [4.69, 9.17) is 0 Å². The molecule has 1 nitrogen and oxygen atoms in total. The molecule has 0 heterocycles.